The van der Waals surface area contributed by atoms with Crippen molar-refractivity contribution >= 4 is 29.1 Å². The number of hydrogen-bond acceptors (Lipinski definition) is 3. The monoisotopic (exact) mass is 371 g/mol. The minimum Gasteiger partial charge on any atom is -0.349 e. The number of rotatable bonds is 7. The predicted octanol–water partition coefficient (Wildman–Crippen LogP) is 3.52. The molecular formula is C20H22ClN3O2. The fraction of sp³-hybridized carbons (Fsp3) is 0.300. The summed E-state index contributed by atoms with van der Waals surface area (Å²) in [5.74, 6) is -0.261. The van der Waals surface area contributed by atoms with Gasteiger partial charge in [-0.15, -0.1) is 0 Å². The van der Waals surface area contributed by atoms with Crippen LogP contribution in [0.2, 0.25) is 5.02 Å². The van der Waals surface area contributed by atoms with E-state index in [4.69, 9.17) is 11.6 Å². The molecule has 2 amide bonds. The van der Waals surface area contributed by atoms with E-state index in [1.165, 1.54) is 0 Å². The molecule has 1 fully saturated rings. The van der Waals surface area contributed by atoms with Crippen molar-refractivity contribution in [2.24, 2.45) is 0 Å². The van der Waals surface area contributed by atoms with E-state index < -0.39 is 0 Å². The van der Waals surface area contributed by atoms with Gasteiger partial charge in [-0.1, -0.05) is 29.8 Å². The number of anilines is 1. The van der Waals surface area contributed by atoms with Crippen molar-refractivity contribution in [3.8, 4) is 0 Å². The zero-order valence-electron chi connectivity index (χ0n) is 14.6. The van der Waals surface area contributed by atoms with Crippen LogP contribution in [0.15, 0.2) is 48.5 Å². The lowest BCUT2D eigenvalue weighted by atomic mass is 10.1. The first-order valence-corrected chi connectivity index (χ1v) is 9.08. The summed E-state index contributed by atoms with van der Waals surface area (Å²) in [5.41, 5.74) is 2.22. The molecule has 0 bridgehead atoms. The van der Waals surface area contributed by atoms with Gasteiger partial charge in [-0.05, 0) is 55.7 Å². The van der Waals surface area contributed by atoms with E-state index in [-0.39, 0.29) is 24.4 Å². The van der Waals surface area contributed by atoms with E-state index in [0.717, 1.165) is 18.4 Å². The second kappa shape index (κ2) is 8.34. The highest BCUT2D eigenvalue weighted by Crippen LogP contribution is 2.20. The Kier molecular flexibility index (Phi) is 5.91. The maximum Gasteiger partial charge on any atom is 0.251 e. The van der Waals surface area contributed by atoms with Crippen LogP contribution in [-0.4, -0.2) is 24.4 Å². The lowest BCUT2D eigenvalue weighted by molar-refractivity contribution is -0.115. The topological polar surface area (TPSA) is 70.2 Å². The normalized spacial score (nSPS) is 14.5. The van der Waals surface area contributed by atoms with E-state index in [9.17, 15) is 9.59 Å². The zero-order valence-corrected chi connectivity index (χ0v) is 15.3. The lowest BCUT2D eigenvalue weighted by Crippen LogP contribution is -2.30. The number of amides is 2. The van der Waals surface area contributed by atoms with Gasteiger partial charge in [0.2, 0.25) is 5.91 Å². The average Bonchev–Trinajstić information content (AvgIpc) is 3.44. The predicted molar refractivity (Wildman–Crippen MR) is 103 cm³/mol. The van der Waals surface area contributed by atoms with Crippen molar-refractivity contribution in [1.82, 2.24) is 10.6 Å². The van der Waals surface area contributed by atoms with Crippen molar-refractivity contribution in [2.45, 2.75) is 31.8 Å². The SMILES string of the molecule is C[C@@H](NCC(=O)Nc1cccc(C(=O)NC2CC2)c1)c1ccc(Cl)cc1. The summed E-state index contributed by atoms with van der Waals surface area (Å²) in [6.45, 7) is 2.15. The molecule has 6 heteroatoms. The number of halogens is 1. The van der Waals surface area contributed by atoms with Gasteiger partial charge in [-0.3, -0.25) is 9.59 Å². The van der Waals surface area contributed by atoms with Crippen LogP contribution >= 0.6 is 11.6 Å². The molecule has 3 rings (SSSR count). The fourth-order valence-electron chi connectivity index (χ4n) is 2.55. The van der Waals surface area contributed by atoms with Gasteiger partial charge in [0, 0.05) is 28.4 Å². The summed E-state index contributed by atoms with van der Waals surface area (Å²) in [4.78, 5) is 24.3. The second-order valence-electron chi connectivity index (χ2n) is 6.53. The van der Waals surface area contributed by atoms with Crippen LogP contribution in [0.5, 0.6) is 0 Å². The van der Waals surface area contributed by atoms with Gasteiger partial charge in [0.15, 0.2) is 0 Å². The molecule has 0 spiro atoms. The summed E-state index contributed by atoms with van der Waals surface area (Å²) in [5, 5.41) is 9.62. The number of carbonyl (C=O) groups is 2. The van der Waals surface area contributed by atoms with Crippen molar-refractivity contribution in [1.29, 1.82) is 0 Å². The third kappa shape index (κ3) is 5.31. The molecule has 136 valence electrons. The molecule has 1 aliphatic rings. The first-order chi connectivity index (χ1) is 12.5. The molecule has 1 saturated carbocycles. The Morgan fingerprint density at radius 3 is 2.58 bits per heavy atom. The van der Waals surface area contributed by atoms with E-state index in [1.54, 1.807) is 24.3 Å². The molecule has 2 aromatic rings. The Labute approximate surface area is 158 Å². The zero-order chi connectivity index (χ0) is 18.5. The van der Waals surface area contributed by atoms with Gasteiger partial charge in [0.1, 0.15) is 0 Å². The molecule has 5 nitrogen and oxygen atoms in total. The molecule has 1 aliphatic carbocycles. The lowest BCUT2D eigenvalue weighted by Gasteiger charge is -2.14. The number of nitrogens with one attached hydrogen (secondary N) is 3. The Hall–Kier alpha value is -2.37. The summed E-state index contributed by atoms with van der Waals surface area (Å²) in [6, 6.07) is 14.8. The number of benzene rings is 2. The van der Waals surface area contributed by atoms with Gasteiger partial charge >= 0.3 is 0 Å². The third-order valence-corrected chi connectivity index (χ3v) is 4.51. The van der Waals surface area contributed by atoms with Crippen LogP contribution in [0.3, 0.4) is 0 Å². The number of hydrogen-bond donors (Lipinski definition) is 3. The first-order valence-electron chi connectivity index (χ1n) is 8.71. The van der Waals surface area contributed by atoms with Gasteiger partial charge in [-0.2, -0.15) is 0 Å². The van der Waals surface area contributed by atoms with Crippen LogP contribution in [-0.2, 0) is 4.79 Å². The Balaban J connectivity index is 1.51. The number of carbonyl (C=O) groups excluding carboxylic acids is 2. The maximum atomic E-state index is 12.2. The molecule has 0 aliphatic heterocycles. The Bertz CT molecular complexity index is 788. The highest BCUT2D eigenvalue weighted by molar-refractivity contribution is 6.30. The molecule has 0 aromatic heterocycles. The van der Waals surface area contributed by atoms with Crippen LogP contribution in [0.1, 0.15) is 41.7 Å². The Morgan fingerprint density at radius 1 is 1.15 bits per heavy atom. The smallest absolute Gasteiger partial charge is 0.251 e. The highest BCUT2D eigenvalue weighted by atomic mass is 35.5. The minimum absolute atomic E-state index is 0.0219. The molecule has 26 heavy (non-hydrogen) atoms. The fourth-order valence-corrected chi connectivity index (χ4v) is 2.68. The van der Waals surface area contributed by atoms with Crippen molar-refractivity contribution in [3.05, 3.63) is 64.7 Å². The van der Waals surface area contributed by atoms with Crippen molar-refractivity contribution < 1.29 is 9.59 Å². The molecular weight excluding hydrogens is 350 g/mol. The summed E-state index contributed by atoms with van der Waals surface area (Å²) in [6.07, 6.45) is 2.08. The van der Waals surface area contributed by atoms with Crippen LogP contribution in [0.4, 0.5) is 5.69 Å². The van der Waals surface area contributed by atoms with Crippen LogP contribution in [0, 0.1) is 0 Å². The van der Waals surface area contributed by atoms with Crippen molar-refractivity contribution in [3.63, 3.8) is 0 Å². The molecule has 1 atom stereocenters. The van der Waals surface area contributed by atoms with E-state index >= 15 is 0 Å². The highest BCUT2D eigenvalue weighted by Gasteiger charge is 2.23. The summed E-state index contributed by atoms with van der Waals surface area (Å²) < 4.78 is 0. The van der Waals surface area contributed by atoms with Gasteiger partial charge in [0.25, 0.3) is 5.91 Å². The van der Waals surface area contributed by atoms with Crippen LogP contribution in [0.25, 0.3) is 0 Å². The maximum absolute atomic E-state index is 12.2. The molecule has 2 aromatic carbocycles. The van der Waals surface area contributed by atoms with Gasteiger partial charge in [-0.25, -0.2) is 0 Å². The van der Waals surface area contributed by atoms with Crippen LogP contribution < -0.4 is 16.0 Å². The average molecular weight is 372 g/mol. The molecule has 0 saturated heterocycles. The molecule has 0 unspecified atom stereocenters. The molecule has 0 heterocycles. The Morgan fingerprint density at radius 2 is 1.88 bits per heavy atom. The summed E-state index contributed by atoms with van der Waals surface area (Å²) >= 11 is 5.89. The quantitative estimate of drug-likeness (QED) is 0.697. The van der Waals surface area contributed by atoms with Gasteiger partial charge < -0.3 is 16.0 Å². The van der Waals surface area contributed by atoms with E-state index in [2.05, 4.69) is 16.0 Å². The van der Waals surface area contributed by atoms with E-state index in [1.807, 2.05) is 31.2 Å². The van der Waals surface area contributed by atoms with Gasteiger partial charge in [0.05, 0.1) is 6.54 Å². The largest absolute Gasteiger partial charge is 0.349 e. The second-order valence-corrected chi connectivity index (χ2v) is 6.97. The molecule has 3 N–H and O–H groups in total. The third-order valence-electron chi connectivity index (χ3n) is 4.26. The van der Waals surface area contributed by atoms with E-state index in [0.29, 0.717) is 22.3 Å². The molecule has 0 radical (unpaired) electrons. The van der Waals surface area contributed by atoms with Crippen molar-refractivity contribution in [2.75, 3.05) is 11.9 Å². The summed E-state index contributed by atoms with van der Waals surface area (Å²) in [7, 11) is 0. The standard InChI is InChI=1S/C20H22ClN3O2/c1-13(14-5-7-16(21)8-6-14)22-12-19(25)23-18-4-2-3-15(11-18)20(26)24-17-9-10-17/h2-8,11,13,17,22H,9-10,12H2,1H3,(H,23,25)(H,24,26)/t13-/m1/s1. The first kappa shape index (κ1) is 18.4. The minimum atomic E-state index is -0.162.